The highest BCUT2D eigenvalue weighted by Crippen LogP contribution is 2.24. The summed E-state index contributed by atoms with van der Waals surface area (Å²) in [5, 5.41) is 0.820. The highest BCUT2D eigenvalue weighted by atomic mass is 35.5. The lowest BCUT2D eigenvalue weighted by atomic mass is 10.0. The van der Waals surface area contributed by atoms with Gasteiger partial charge >= 0.3 is 0 Å². The third-order valence-electron chi connectivity index (χ3n) is 3.94. The van der Waals surface area contributed by atoms with E-state index in [0.717, 1.165) is 22.7 Å². The number of rotatable bonds is 11. The van der Waals surface area contributed by atoms with Gasteiger partial charge in [0.1, 0.15) is 0 Å². The van der Waals surface area contributed by atoms with Crippen LogP contribution in [-0.4, -0.2) is 0 Å². The maximum Gasteiger partial charge on any atom is 0.0458 e. The predicted octanol–water partition coefficient (Wildman–Crippen LogP) is 6.39. The third kappa shape index (κ3) is 7.19. The number of nitrogens with two attached hydrogens (primary N) is 1. The first-order valence-electron chi connectivity index (χ1n) is 8.28. The van der Waals surface area contributed by atoms with Gasteiger partial charge in [-0.25, -0.2) is 0 Å². The first-order chi connectivity index (χ1) is 9.75. The molecule has 0 radical (unpaired) electrons. The molecule has 0 atom stereocenters. The van der Waals surface area contributed by atoms with Crippen LogP contribution in [0.3, 0.4) is 0 Å². The molecule has 0 fully saturated rings. The van der Waals surface area contributed by atoms with Gasteiger partial charge in [0.25, 0.3) is 0 Å². The topological polar surface area (TPSA) is 26.0 Å². The molecule has 0 spiro atoms. The number of nitrogen functional groups attached to an aromatic ring is 1. The van der Waals surface area contributed by atoms with E-state index < -0.39 is 0 Å². The summed E-state index contributed by atoms with van der Waals surface area (Å²) in [6.45, 7) is 2.27. The Balaban J connectivity index is 2.00. The third-order valence-corrected chi connectivity index (χ3v) is 4.29. The molecule has 0 heterocycles. The van der Waals surface area contributed by atoms with Crippen LogP contribution in [0, 0.1) is 0 Å². The highest BCUT2D eigenvalue weighted by Gasteiger charge is 2.03. The number of unbranched alkanes of at least 4 members (excludes halogenated alkanes) is 9. The number of anilines is 1. The van der Waals surface area contributed by atoms with Gasteiger partial charge in [-0.05, 0) is 30.5 Å². The summed E-state index contributed by atoms with van der Waals surface area (Å²) in [6, 6.07) is 5.79. The highest BCUT2D eigenvalue weighted by molar-refractivity contribution is 6.31. The van der Waals surface area contributed by atoms with E-state index in [1.165, 1.54) is 64.2 Å². The van der Waals surface area contributed by atoms with Crippen LogP contribution in [-0.2, 0) is 6.42 Å². The van der Waals surface area contributed by atoms with Crippen molar-refractivity contribution in [1.29, 1.82) is 0 Å². The first kappa shape index (κ1) is 17.4. The van der Waals surface area contributed by atoms with Crippen molar-refractivity contribution >= 4 is 17.3 Å². The quantitative estimate of drug-likeness (QED) is 0.372. The molecule has 0 unspecified atom stereocenters. The summed E-state index contributed by atoms with van der Waals surface area (Å²) < 4.78 is 0. The molecule has 1 nitrogen and oxygen atoms in total. The van der Waals surface area contributed by atoms with Crippen molar-refractivity contribution < 1.29 is 0 Å². The molecule has 1 rings (SSSR count). The van der Waals surface area contributed by atoms with Crippen molar-refractivity contribution in [3.05, 3.63) is 28.8 Å². The fourth-order valence-electron chi connectivity index (χ4n) is 2.63. The average molecular weight is 296 g/mol. The lowest BCUT2D eigenvalue weighted by Crippen LogP contribution is -1.95. The second kappa shape index (κ2) is 11.0. The Morgan fingerprint density at radius 1 is 0.850 bits per heavy atom. The van der Waals surface area contributed by atoms with Gasteiger partial charge in [-0.3, -0.25) is 0 Å². The molecular weight excluding hydrogens is 266 g/mol. The first-order valence-corrected chi connectivity index (χ1v) is 8.66. The van der Waals surface area contributed by atoms with Crippen LogP contribution in [0.25, 0.3) is 0 Å². The van der Waals surface area contributed by atoms with Crippen molar-refractivity contribution in [1.82, 2.24) is 0 Å². The molecule has 2 N–H and O–H groups in total. The maximum absolute atomic E-state index is 6.17. The molecule has 114 valence electrons. The molecular formula is C18H30ClN. The van der Waals surface area contributed by atoms with Crippen LogP contribution in [0.15, 0.2) is 18.2 Å². The summed E-state index contributed by atoms with van der Waals surface area (Å²) in [6.07, 6.45) is 14.6. The van der Waals surface area contributed by atoms with Crippen LogP contribution in [0.1, 0.15) is 76.7 Å². The predicted molar refractivity (Wildman–Crippen MR) is 91.4 cm³/mol. The van der Waals surface area contributed by atoms with Crippen LogP contribution in [0.4, 0.5) is 5.69 Å². The number of hydrogen-bond acceptors (Lipinski definition) is 1. The minimum absolute atomic E-state index is 0.820. The maximum atomic E-state index is 6.17. The Bertz CT molecular complexity index is 342. The van der Waals surface area contributed by atoms with E-state index in [1.54, 1.807) is 0 Å². The van der Waals surface area contributed by atoms with Gasteiger partial charge in [0.05, 0.1) is 0 Å². The van der Waals surface area contributed by atoms with Gasteiger partial charge in [-0.1, -0.05) is 82.4 Å². The zero-order chi connectivity index (χ0) is 14.6. The Kier molecular flexibility index (Phi) is 9.57. The van der Waals surface area contributed by atoms with E-state index in [0.29, 0.717) is 0 Å². The Morgan fingerprint density at radius 2 is 1.40 bits per heavy atom. The van der Waals surface area contributed by atoms with Crippen molar-refractivity contribution in [2.75, 3.05) is 5.73 Å². The van der Waals surface area contributed by atoms with E-state index in [4.69, 9.17) is 17.3 Å². The van der Waals surface area contributed by atoms with Gasteiger partial charge in [0.2, 0.25) is 0 Å². The summed E-state index contributed by atoms with van der Waals surface area (Å²) >= 11 is 6.17. The molecule has 1 aromatic rings. The van der Waals surface area contributed by atoms with Gasteiger partial charge in [-0.15, -0.1) is 0 Å². The zero-order valence-corrected chi connectivity index (χ0v) is 13.7. The Hall–Kier alpha value is -0.690. The lowest BCUT2D eigenvalue weighted by molar-refractivity contribution is 0.556. The Labute approximate surface area is 129 Å². The van der Waals surface area contributed by atoms with Crippen LogP contribution < -0.4 is 5.73 Å². The van der Waals surface area contributed by atoms with Crippen LogP contribution in [0.5, 0.6) is 0 Å². The standard InChI is InChI=1S/C18H30ClN/c1-2-3-4-5-6-7-8-9-10-11-13-16-17(19)14-12-15-18(16)20/h12,14-15H,2-11,13,20H2,1H3. The largest absolute Gasteiger partial charge is 0.398 e. The monoisotopic (exact) mass is 295 g/mol. The second-order valence-corrected chi connectivity index (χ2v) is 6.15. The van der Waals surface area contributed by atoms with Crippen molar-refractivity contribution in [2.24, 2.45) is 0 Å². The molecule has 0 bridgehead atoms. The molecule has 0 aliphatic heterocycles. The normalized spacial score (nSPS) is 10.9. The van der Waals surface area contributed by atoms with Gasteiger partial charge in [0, 0.05) is 10.7 Å². The number of hydrogen-bond donors (Lipinski definition) is 1. The molecule has 0 amide bonds. The minimum atomic E-state index is 0.820. The fourth-order valence-corrected chi connectivity index (χ4v) is 2.90. The summed E-state index contributed by atoms with van der Waals surface area (Å²) in [4.78, 5) is 0. The van der Waals surface area contributed by atoms with Crippen LogP contribution in [0.2, 0.25) is 5.02 Å². The molecule has 0 saturated carbocycles. The molecule has 0 aromatic heterocycles. The van der Waals surface area contributed by atoms with E-state index >= 15 is 0 Å². The van der Waals surface area contributed by atoms with Crippen molar-refractivity contribution in [2.45, 2.75) is 77.6 Å². The molecule has 20 heavy (non-hydrogen) atoms. The summed E-state index contributed by atoms with van der Waals surface area (Å²) in [5.74, 6) is 0. The van der Waals surface area contributed by atoms with Crippen molar-refractivity contribution in [3.63, 3.8) is 0 Å². The van der Waals surface area contributed by atoms with Gasteiger partial charge < -0.3 is 5.73 Å². The average Bonchev–Trinajstić information content (AvgIpc) is 2.43. The number of benzene rings is 1. The second-order valence-electron chi connectivity index (χ2n) is 5.74. The van der Waals surface area contributed by atoms with E-state index in [2.05, 4.69) is 6.92 Å². The van der Waals surface area contributed by atoms with Crippen LogP contribution >= 0.6 is 11.6 Å². The molecule has 0 aliphatic carbocycles. The molecule has 2 heteroatoms. The van der Waals surface area contributed by atoms with E-state index in [1.807, 2.05) is 18.2 Å². The minimum Gasteiger partial charge on any atom is -0.398 e. The molecule has 0 aliphatic rings. The van der Waals surface area contributed by atoms with Gasteiger partial charge in [0.15, 0.2) is 0 Å². The Morgan fingerprint density at radius 3 is 1.95 bits per heavy atom. The van der Waals surface area contributed by atoms with E-state index in [-0.39, 0.29) is 0 Å². The van der Waals surface area contributed by atoms with Gasteiger partial charge in [-0.2, -0.15) is 0 Å². The lowest BCUT2D eigenvalue weighted by Gasteiger charge is -2.07. The molecule has 0 saturated heterocycles. The smallest absolute Gasteiger partial charge is 0.0458 e. The fraction of sp³-hybridized carbons (Fsp3) is 0.667. The number of halogens is 1. The summed E-state index contributed by atoms with van der Waals surface area (Å²) in [7, 11) is 0. The van der Waals surface area contributed by atoms with E-state index in [9.17, 15) is 0 Å². The van der Waals surface area contributed by atoms with Crippen molar-refractivity contribution in [3.8, 4) is 0 Å². The SMILES string of the molecule is CCCCCCCCCCCCc1c(N)cccc1Cl. The summed E-state index contributed by atoms with van der Waals surface area (Å²) in [5.41, 5.74) is 7.93. The molecule has 1 aromatic carbocycles. The zero-order valence-electron chi connectivity index (χ0n) is 13.0.